The Labute approximate surface area is 130 Å². The molecule has 1 aliphatic heterocycles. The van der Waals surface area contributed by atoms with E-state index in [0.717, 1.165) is 29.4 Å². The van der Waals surface area contributed by atoms with Crippen molar-refractivity contribution in [3.8, 4) is 5.75 Å². The van der Waals surface area contributed by atoms with Crippen LogP contribution in [0.2, 0.25) is 0 Å². The van der Waals surface area contributed by atoms with Gasteiger partial charge in [-0.05, 0) is 52.3 Å². The van der Waals surface area contributed by atoms with Gasteiger partial charge in [-0.15, -0.1) is 0 Å². The molecule has 2 aromatic carbocycles. The van der Waals surface area contributed by atoms with Crippen LogP contribution in [0.5, 0.6) is 5.75 Å². The monoisotopic (exact) mass is 353 g/mol. The van der Waals surface area contributed by atoms with Gasteiger partial charge >= 0.3 is 0 Å². The Bertz CT molecular complexity index is 690. The van der Waals surface area contributed by atoms with E-state index in [1.54, 1.807) is 7.05 Å². The van der Waals surface area contributed by atoms with Crippen molar-refractivity contribution in [2.75, 3.05) is 13.7 Å². The Balaban J connectivity index is 2.04. The highest BCUT2D eigenvalue weighted by molar-refractivity contribution is 9.10. The van der Waals surface area contributed by atoms with Crippen molar-refractivity contribution in [3.63, 3.8) is 0 Å². The lowest BCUT2D eigenvalue weighted by molar-refractivity contribution is 0.357. The van der Waals surface area contributed by atoms with E-state index in [9.17, 15) is 8.78 Å². The molecule has 2 aromatic rings. The average Bonchev–Trinajstić information content (AvgIpc) is 2.92. The minimum atomic E-state index is -0.476. The number of ether oxygens (including phenoxy) is 1. The molecule has 21 heavy (non-hydrogen) atoms. The van der Waals surface area contributed by atoms with Gasteiger partial charge in [0.15, 0.2) is 0 Å². The maximum absolute atomic E-state index is 14.2. The molecule has 5 heteroatoms. The van der Waals surface area contributed by atoms with Gasteiger partial charge in [0, 0.05) is 12.0 Å². The molecule has 0 fully saturated rings. The van der Waals surface area contributed by atoms with Crippen LogP contribution in [0.15, 0.2) is 34.8 Å². The summed E-state index contributed by atoms with van der Waals surface area (Å²) in [5.74, 6) is -0.0495. The van der Waals surface area contributed by atoms with Crippen LogP contribution >= 0.6 is 15.9 Å². The topological polar surface area (TPSA) is 21.3 Å². The van der Waals surface area contributed by atoms with Gasteiger partial charge in [0.05, 0.1) is 17.1 Å². The number of hydrogen-bond acceptors (Lipinski definition) is 2. The van der Waals surface area contributed by atoms with E-state index in [0.29, 0.717) is 6.61 Å². The molecule has 0 amide bonds. The Morgan fingerprint density at radius 1 is 1.19 bits per heavy atom. The summed E-state index contributed by atoms with van der Waals surface area (Å²) in [5, 5.41) is 3.05. The molecule has 0 saturated carbocycles. The standard InChI is InChI=1S/C16H14BrF2NO/c1-20-16(11-7-14(19)12(17)8-13(11)18)10-2-3-15-9(6-10)4-5-21-15/h2-3,6-8,16,20H,4-5H2,1H3. The highest BCUT2D eigenvalue weighted by atomic mass is 79.9. The highest BCUT2D eigenvalue weighted by Gasteiger charge is 2.21. The molecule has 1 aliphatic rings. The number of nitrogens with one attached hydrogen (secondary N) is 1. The minimum absolute atomic E-state index is 0.126. The summed E-state index contributed by atoms with van der Waals surface area (Å²) in [6.07, 6.45) is 0.844. The van der Waals surface area contributed by atoms with Crippen LogP contribution in [0.4, 0.5) is 8.78 Å². The van der Waals surface area contributed by atoms with Gasteiger partial charge in [0.25, 0.3) is 0 Å². The van der Waals surface area contributed by atoms with E-state index in [2.05, 4.69) is 21.2 Å². The van der Waals surface area contributed by atoms with Crippen LogP contribution < -0.4 is 10.1 Å². The van der Waals surface area contributed by atoms with Gasteiger partial charge < -0.3 is 10.1 Å². The molecular weight excluding hydrogens is 340 g/mol. The molecule has 1 atom stereocenters. The van der Waals surface area contributed by atoms with Crippen molar-refractivity contribution in [2.45, 2.75) is 12.5 Å². The van der Waals surface area contributed by atoms with Gasteiger partial charge in [0.2, 0.25) is 0 Å². The summed E-state index contributed by atoms with van der Waals surface area (Å²) in [6.45, 7) is 0.671. The molecular formula is C16H14BrF2NO. The maximum atomic E-state index is 14.2. The van der Waals surface area contributed by atoms with Gasteiger partial charge in [0.1, 0.15) is 17.4 Å². The third kappa shape index (κ3) is 2.68. The molecule has 110 valence electrons. The Morgan fingerprint density at radius 3 is 2.76 bits per heavy atom. The van der Waals surface area contributed by atoms with Gasteiger partial charge in [-0.1, -0.05) is 12.1 Å². The first kappa shape index (κ1) is 14.5. The summed E-state index contributed by atoms with van der Waals surface area (Å²) < 4.78 is 33.5. The zero-order chi connectivity index (χ0) is 15.0. The van der Waals surface area contributed by atoms with Crippen LogP contribution in [0.3, 0.4) is 0 Å². The average molecular weight is 354 g/mol. The quantitative estimate of drug-likeness (QED) is 0.843. The summed E-state index contributed by atoms with van der Waals surface area (Å²) in [6, 6.07) is 7.73. The van der Waals surface area contributed by atoms with E-state index < -0.39 is 17.7 Å². The van der Waals surface area contributed by atoms with E-state index >= 15 is 0 Å². The second-order valence-electron chi connectivity index (χ2n) is 4.98. The van der Waals surface area contributed by atoms with Crippen LogP contribution in [0, 0.1) is 11.6 Å². The molecule has 0 saturated heterocycles. The zero-order valence-electron chi connectivity index (χ0n) is 11.4. The summed E-state index contributed by atoms with van der Waals surface area (Å²) in [7, 11) is 1.73. The van der Waals surface area contributed by atoms with Crippen LogP contribution in [0.1, 0.15) is 22.7 Å². The van der Waals surface area contributed by atoms with Crippen molar-refractivity contribution >= 4 is 15.9 Å². The number of benzene rings is 2. The van der Waals surface area contributed by atoms with Crippen LogP contribution in [-0.2, 0) is 6.42 Å². The van der Waals surface area contributed by atoms with Crippen molar-refractivity contribution in [3.05, 3.63) is 63.1 Å². The molecule has 1 N–H and O–H groups in total. The molecule has 0 spiro atoms. The summed E-state index contributed by atoms with van der Waals surface area (Å²) >= 11 is 3.00. The molecule has 0 aliphatic carbocycles. The van der Waals surface area contributed by atoms with Crippen LogP contribution in [0.25, 0.3) is 0 Å². The second-order valence-corrected chi connectivity index (χ2v) is 5.83. The first-order chi connectivity index (χ1) is 10.1. The smallest absolute Gasteiger partial charge is 0.137 e. The van der Waals surface area contributed by atoms with E-state index in [-0.39, 0.29) is 10.0 Å². The number of fused-ring (bicyclic) bond motifs is 1. The molecule has 0 aromatic heterocycles. The maximum Gasteiger partial charge on any atom is 0.137 e. The highest BCUT2D eigenvalue weighted by Crippen LogP contribution is 2.32. The molecule has 1 heterocycles. The fourth-order valence-electron chi connectivity index (χ4n) is 2.65. The SMILES string of the molecule is CNC(c1ccc2c(c1)CCO2)c1cc(F)c(Br)cc1F. The first-order valence-electron chi connectivity index (χ1n) is 6.67. The summed E-state index contributed by atoms with van der Waals surface area (Å²) in [4.78, 5) is 0. The second kappa shape index (κ2) is 5.73. The normalized spacial score (nSPS) is 14.7. The third-order valence-electron chi connectivity index (χ3n) is 3.69. The number of hydrogen-bond donors (Lipinski definition) is 1. The van der Waals surface area contributed by atoms with Gasteiger partial charge in [-0.3, -0.25) is 0 Å². The predicted octanol–water partition coefficient (Wildman–Crippen LogP) is 3.97. The van der Waals surface area contributed by atoms with Crippen molar-refractivity contribution in [1.29, 1.82) is 0 Å². The molecule has 0 radical (unpaired) electrons. The van der Waals surface area contributed by atoms with Gasteiger partial charge in [-0.25, -0.2) is 8.78 Å². The molecule has 0 bridgehead atoms. The fraction of sp³-hybridized carbons (Fsp3) is 0.250. The van der Waals surface area contributed by atoms with Crippen molar-refractivity contribution in [2.24, 2.45) is 0 Å². The molecule has 2 nitrogen and oxygen atoms in total. The zero-order valence-corrected chi connectivity index (χ0v) is 13.0. The predicted molar refractivity (Wildman–Crippen MR) is 80.6 cm³/mol. The summed E-state index contributed by atoms with van der Waals surface area (Å²) in [5.41, 5.74) is 2.28. The first-order valence-corrected chi connectivity index (χ1v) is 7.47. The lowest BCUT2D eigenvalue weighted by Crippen LogP contribution is -2.19. The fourth-order valence-corrected chi connectivity index (χ4v) is 2.96. The van der Waals surface area contributed by atoms with Crippen LogP contribution in [-0.4, -0.2) is 13.7 Å². The number of rotatable bonds is 3. The Kier molecular flexibility index (Phi) is 3.95. The van der Waals surface area contributed by atoms with E-state index in [1.807, 2.05) is 18.2 Å². The largest absolute Gasteiger partial charge is 0.493 e. The van der Waals surface area contributed by atoms with Crippen molar-refractivity contribution < 1.29 is 13.5 Å². The molecule has 1 unspecified atom stereocenters. The van der Waals surface area contributed by atoms with E-state index in [4.69, 9.17) is 4.74 Å². The lowest BCUT2D eigenvalue weighted by atomic mass is 9.96. The third-order valence-corrected chi connectivity index (χ3v) is 4.29. The minimum Gasteiger partial charge on any atom is -0.493 e. The van der Waals surface area contributed by atoms with Crippen molar-refractivity contribution in [1.82, 2.24) is 5.32 Å². The van der Waals surface area contributed by atoms with Gasteiger partial charge in [-0.2, -0.15) is 0 Å². The van der Waals surface area contributed by atoms with E-state index in [1.165, 1.54) is 6.07 Å². The number of halogens is 3. The molecule has 3 rings (SSSR count). The lowest BCUT2D eigenvalue weighted by Gasteiger charge is -2.19. The Hall–Kier alpha value is -1.46. The Morgan fingerprint density at radius 2 is 2.00 bits per heavy atom.